The van der Waals surface area contributed by atoms with E-state index in [1.54, 1.807) is 0 Å². The summed E-state index contributed by atoms with van der Waals surface area (Å²) in [5.74, 6) is 0. The highest BCUT2D eigenvalue weighted by molar-refractivity contribution is 6.35. The molecule has 0 amide bonds. The molecule has 0 spiro atoms. The molecule has 4 nitrogen and oxygen atoms in total. The maximum Gasteiger partial charge on any atom is 0.0834 e. The second-order valence-corrected chi connectivity index (χ2v) is 8.11. The van der Waals surface area contributed by atoms with Crippen molar-refractivity contribution in [2.24, 2.45) is 0 Å². The van der Waals surface area contributed by atoms with Gasteiger partial charge in [0, 0.05) is 42.8 Å². The van der Waals surface area contributed by atoms with Gasteiger partial charge in [-0.1, -0.05) is 47.5 Å². The van der Waals surface area contributed by atoms with Gasteiger partial charge in [0.25, 0.3) is 0 Å². The number of nitrogens with zero attached hydrogens (tertiary/aromatic N) is 4. The maximum absolute atomic E-state index is 6.34. The third kappa shape index (κ3) is 3.90. The van der Waals surface area contributed by atoms with Crippen LogP contribution in [0, 0.1) is 13.8 Å². The molecule has 146 valence electrons. The van der Waals surface area contributed by atoms with Crippen LogP contribution in [0.25, 0.3) is 5.69 Å². The average molecular weight is 415 g/mol. The molecule has 4 rings (SSSR count). The van der Waals surface area contributed by atoms with Gasteiger partial charge in [-0.05, 0) is 43.7 Å². The lowest BCUT2D eigenvalue weighted by atomic mass is 10.2. The highest BCUT2D eigenvalue weighted by atomic mass is 35.5. The van der Waals surface area contributed by atoms with Gasteiger partial charge in [-0.25, -0.2) is 4.68 Å². The van der Waals surface area contributed by atoms with E-state index in [9.17, 15) is 0 Å². The zero-order valence-electron chi connectivity index (χ0n) is 16.2. The fourth-order valence-corrected chi connectivity index (χ4v) is 4.40. The Morgan fingerprint density at radius 3 is 2.32 bits per heavy atom. The Balaban J connectivity index is 1.46. The summed E-state index contributed by atoms with van der Waals surface area (Å²) in [5, 5.41) is 6.22. The minimum absolute atomic E-state index is 0.681. The van der Waals surface area contributed by atoms with E-state index in [0.717, 1.165) is 54.7 Å². The van der Waals surface area contributed by atoms with Crippen LogP contribution in [-0.2, 0) is 6.54 Å². The van der Waals surface area contributed by atoms with E-state index in [1.165, 1.54) is 11.4 Å². The molecule has 0 radical (unpaired) electrons. The summed E-state index contributed by atoms with van der Waals surface area (Å²) >= 11 is 12.4. The Labute approximate surface area is 176 Å². The molecule has 0 atom stereocenters. The van der Waals surface area contributed by atoms with Gasteiger partial charge >= 0.3 is 0 Å². The van der Waals surface area contributed by atoms with E-state index in [2.05, 4.69) is 35.8 Å². The van der Waals surface area contributed by atoms with Crippen LogP contribution in [0.15, 0.2) is 48.5 Å². The lowest BCUT2D eigenvalue weighted by Gasteiger charge is -2.36. The van der Waals surface area contributed by atoms with E-state index in [-0.39, 0.29) is 0 Å². The molecule has 1 aliphatic heterocycles. The average Bonchev–Trinajstić information content (AvgIpc) is 3.00. The molecule has 0 N–H and O–H groups in total. The number of hydrogen-bond acceptors (Lipinski definition) is 3. The van der Waals surface area contributed by atoms with E-state index in [1.807, 2.05) is 41.1 Å². The van der Waals surface area contributed by atoms with Crippen LogP contribution in [0.4, 0.5) is 5.69 Å². The standard InChI is InChI=1S/C22H24Cl2N4/c1-16-22(17(2)28(25-16)20-6-4-3-5-7-20)27-12-10-26(11-13-27)15-18-8-9-19(23)14-21(18)24/h3-9,14H,10-13,15H2,1-2H3. The highest BCUT2D eigenvalue weighted by Crippen LogP contribution is 2.28. The number of piperazine rings is 1. The molecule has 0 unspecified atom stereocenters. The lowest BCUT2D eigenvalue weighted by molar-refractivity contribution is 0.250. The summed E-state index contributed by atoms with van der Waals surface area (Å²) in [5.41, 5.74) is 5.76. The zero-order valence-corrected chi connectivity index (χ0v) is 17.7. The molecule has 1 aromatic heterocycles. The summed E-state index contributed by atoms with van der Waals surface area (Å²) in [4.78, 5) is 4.90. The molecular weight excluding hydrogens is 391 g/mol. The van der Waals surface area contributed by atoms with Crippen molar-refractivity contribution in [1.29, 1.82) is 0 Å². The number of benzene rings is 2. The summed E-state index contributed by atoms with van der Waals surface area (Å²) in [7, 11) is 0. The molecule has 1 saturated heterocycles. The fourth-order valence-electron chi connectivity index (χ4n) is 3.93. The van der Waals surface area contributed by atoms with Crippen LogP contribution in [0.5, 0.6) is 0 Å². The van der Waals surface area contributed by atoms with Crippen LogP contribution in [0.2, 0.25) is 10.0 Å². The van der Waals surface area contributed by atoms with Crippen molar-refractivity contribution in [3.8, 4) is 5.69 Å². The Morgan fingerprint density at radius 1 is 0.929 bits per heavy atom. The molecule has 1 fully saturated rings. The van der Waals surface area contributed by atoms with Crippen LogP contribution in [0.3, 0.4) is 0 Å². The molecule has 1 aliphatic rings. The molecule has 0 bridgehead atoms. The Morgan fingerprint density at radius 2 is 1.64 bits per heavy atom. The van der Waals surface area contributed by atoms with E-state index in [0.29, 0.717) is 5.02 Å². The number of para-hydroxylation sites is 1. The van der Waals surface area contributed by atoms with Gasteiger partial charge in [-0.2, -0.15) is 5.10 Å². The van der Waals surface area contributed by atoms with Gasteiger partial charge in [0.2, 0.25) is 0 Å². The molecule has 0 aliphatic carbocycles. The Hall–Kier alpha value is -2.01. The van der Waals surface area contributed by atoms with Crippen molar-refractivity contribution in [2.45, 2.75) is 20.4 Å². The van der Waals surface area contributed by atoms with Crippen LogP contribution < -0.4 is 4.90 Å². The lowest BCUT2D eigenvalue weighted by Crippen LogP contribution is -2.46. The topological polar surface area (TPSA) is 24.3 Å². The Bertz CT molecular complexity index is 960. The largest absolute Gasteiger partial charge is 0.366 e. The monoisotopic (exact) mass is 414 g/mol. The smallest absolute Gasteiger partial charge is 0.0834 e. The van der Waals surface area contributed by atoms with Crippen molar-refractivity contribution in [2.75, 3.05) is 31.1 Å². The van der Waals surface area contributed by atoms with Crippen molar-refractivity contribution in [3.63, 3.8) is 0 Å². The van der Waals surface area contributed by atoms with E-state index >= 15 is 0 Å². The van der Waals surface area contributed by atoms with E-state index in [4.69, 9.17) is 28.3 Å². The molecule has 2 heterocycles. The first-order valence-corrected chi connectivity index (χ1v) is 10.3. The number of aromatic nitrogens is 2. The summed E-state index contributed by atoms with van der Waals surface area (Å²) in [6.45, 7) is 9.05. The normalized spacial score (nSPS) is 15.2. The molecular formula is C22H24Cl2N4. The quantitative estimate of drug-likeness (QED) is 0.591. The first kappa shape index (κ1) is 19.3. The number of hydrogen-bond donors (Lipinski definition) is 0. The van der Waals surface area contributed by atoms with E-state index < -0.39 is 0 Å². The Kier molecular flexibility index (Phi) is 5.63. The number of halogens is 2. The van der Waals surface area contributed by atoms with Gasteiger partial charge in [-0.3, -0.25) is 4.90 Å². The van der Waals surface area contributed by atoms with Gasteiger partial charge in [0.15, 0.2) is 0 Å². The zero-order chi connectivity index (χ0) is 19.7. The third-order valence-electron chi connectivity index (χ3n) is 5.35. The first-order valence-electron chi connectivity index (χ1n) is 9.56. The predicted molar refractivity (Wildman–Crippen MR) is 117 cm³/mol. The first-order chi connectivity index (χ1) is 13.5. The minimum atomic E-state index is 0.681. The summed E-state index contributed by atoms with van der Waals surface area (Å²) in [6, 6.07) is 16.1. The van der Waals surface area contributed by atoms with Crippen molar-refractivity contribution < 1.29 is 0 Å². The summed E-state index contributed by atoms with van der Waals surface area (Å²) < 4.78 is 2.05. The molecule has 3 aromatic rings. The molecule has 0 saturated carbocycles. The van der Waals surface area contributed by atoms with Crippen LogP contribution >= 0.6 is 23.2 Å². The fraction of sp³-hybridized carbons (Fsp3) is 0.318. The van der Waals surface area contributed by atoms with Gasteiger partial charge < -0.3 is 4.90 Å². The van der Waals surface area contributed by atoms with Crippen molar-refractivity contribution >= 4 is 28.9 Å². The predicted octanol–water partition coefficient (Wildman–Crippen LogP) is 5.12. The summed E-state index contributed by atoms with van der Waals surface area (Å²) in [6.07, 6.45) is 0. The third-order valence-corrected chi connectivity index (χ3v) is 5.94. The van der Waals surface area contributed by atoms with Crippen molar-refractivity contribution in [3.05, 3.63) is 75.5 Å². The maximum atomic E-state index is 6.34. The number of rotatable bonds is 4. The molecule has 6 heteroatoms. The van der Waals surface area contributed by atoms with Gasteiger partial charge in [0.1, 0.15) is 0 Å². The second-order valence-electron chi connectivity index (χ2n) is 7.27. The minimum Gasteiger partial charge on any atom is -0.366 e. The number of anilines is 1. The van der Waals surface area contributed by atoms with Crippen LogP contribution in [-0.4, -0.2) is 40.9 Å². The number of aryl methyl sites for hydroxylation is 1. The molecule has 28 heavy (non-hydrogen) atoms. The SMILES string of the molecule is Cc1nn(-c2ccccc2)c(C)c1N1CCN(Cc2ccc(Cl)cc2Cl)CC1. The van der Waals surface area contributed by atoms with Crippen molar-refractivity contribution in [1.82, 2.24) is 14.7 Å². The van der Waals surface area contributed by atoms with Crippen LogP contribution in [0.1, 0.15) is 17.0 Å². The highest BCUT2D eigenvalue weighted by Gasteiger charge is 2.23. The van der Waals surface area contributed by atoms with Gasteiger partial charge in [-0.15, -0.1) is 0 Å². The van der Waals surface area contributed by atoms with Gasteiger partial charge in [0.05, 0.1) is 22.8 Å². The molecule has 2 aromatic carbocycles. The second kappa shape index (κ2) is 8.16.